The van der Waals surface area contributed by atoms with Gasteiger partial charge in [0.15, 0.2) is 25.2 Å². The summed E-state index contributed by atoms with van der Waals surface area (Å²) in [5.41, 5.74) is 0. The third kappa shape index (κ3) is 9.79. The van der Waals surface area contributed by atoms with Crippen LogP contribution in [0, 0.1) is 0 Å². The first-order valence-electron chi connectivity index (χ1n) is 17.1. The van der Waals surface area contributed by atoms with E-state index < -0.39 is 167 Å². The SMILES string of the molecule is CC(=O)N[C@@H]1[C@H](O[C@H]2[C@H](O)[C@@H](NC(C)=O)[C@H](O)O[C@@H]2CO)O[C@H](CO)[C@@H](O[C@H]2O[C@H](CO)[C@@H](O)[C@H](O)[C@H]2NC(C)=O)[C@@H]1O[C@H]1O[C@H](CO)[C@@H](O)[C@H](O)[C@H]1O. The van der Waals surface area contributed by atoms with Gasteiger partial charge >= 0.3 is 0 Å². The lowest BCUT2D eigenvalue weighted by atomic mass is 9.93. The number of aliphatic hydroxyl groups excluding tert-OH is 11. The van der Waals surface area contributed by atoms with E-state index in [0.29, 0.717) is 0 Å². The summed E-state index contributed by atoms with van der Waals surface area (Å²) in [6.45, 7) is -0.352. The van der Waals surface area contributed by atoms with Crippen molar-refractivity contribution < 1.29 is 104 Å². The average molecular weight is 790 g/mol. The van der Waals surface area contributed by atoms with Crippen LogP contribution >= 0.6 is 0 Å². The zero-order valence-corrected chi connectivity index (χ0v) is 29.4. The largest absolute Gasteiger partial charge is 0.394 e. The van der Waals surface area contributed by atoms with Crippen LogP contribution in [0.3, 0.4) is 0 Å². The molecule has 0 aromatic carbocycles. The second-order valence-corrected chi connectivity index (χ2v) is 13.3. The minimum absolute atomic E-state index is 0.690. The van der Waals surface area contributed by atoms with Crippen LogP contribution < -0.4 is 16.0 Å². The zero-order chi connectivity index (χ0) is 40.2. The number of carbonyl (C=O) groups is 3. The maximum atomic E-state index is 12.7. The second-order valence-electron chi connectivity index (χ2n) is 13.3. The highest BCUT2D eigenvalue weighted by Crippen LogP contribution is 2.35. The molecule has 0 aromatic rings. The van der Waals surface area contributed by atoms with E-state index in [1.807, 2.05) is 0 Å². The fourth-order valence-corrected chi connectivity index (χ4v) is 6.75. The molecule has 4 aliphatic heterocycles. The number of nitrogens with one attached hydrogen (secondary N) is 3. The van der Waals surface area contributed by atoms with Gasteiger partial charge in [0.1, 0.15) is 97.5 Å². The Morgan fingerprint density at radius 1 is 0.444 bits per heavy atom. The van der Waals surface area contributed by atoms with Crippen molar-refractivity contribution >= 4 is 17.7 Å². The zero-order valence-electron chi connectivity index (χ0n) is 29.4. The van der Waals surface area contributed by atoms with E-state index in [4.69, 9.17) is 33.2 Å². The van der Waals surface area contributed by atoms with E-state index in [0.717, 1.165) is 20.8 Å². The van der Waals surface area contributed by atoms with Crippen molar-refractivity contribution in [3.8, 4) is 0 Å². The highest BCUT2D eigenvalue weighted by atomic mass is 16.8. The number of hydrogen-bond donors (Lipinski definition) is 14. The van der Waals surface area contributed by atoms with E-state index >= 15 is 0 Å². The Kier molecular flexibility index (Phi) is 15.8. The average Bonchev–Trinajstić information content (AvgIpc) is 3.12. The Morgan fingerprint density at radius 2 is 0.852 bits per heavy atom. The Hall–Kier alpha value is -2.31. The number of hydrogen-bond acceptors (Lipinski definition) is 21. The highest BCUT2D eigenvalue weighted by molar-refractivity contribution is 5.74. The van der Waals surface area contributed by atoms with Gasteiger partial charge in [-0.2, -0.15) is 0 Å². The first-order chi connectivity index (χ1) is 25.5. The van der Waals surface area contributed by atoms with Gasteiger partial charge < -0.3 is 105 Å². The molecule has 4 heterocycles. The standard InChI is InChI=1S/C30H51N3O21/c1-8(38)31-15-21(44)24(13(6-36)48-27(15)47)52-29-17(33-10(3)40)26(54-30-23(46)22(45)19(42)12(5-35)50-30)25(14(7-37)51-29)53-28-16(32-9(2)39)20(43)18(41)11(4-34)49-28/h11-30,34-37,41-47H,4-7H2,1-3H3,(H,31,38)(H,32,39)(H,33,40)/t11-,12-,13-,14-,15-,16-,17+,18-,19-,20-,21-,22+,23-,24-,25-,26-,27-,28-,29+,30-/m1/s1. The molecule has 0 saturated carbocycles. The number of amides is 3. The topological polar surface area (TPSA) is 374 Å². The molecule has 4 fully saturated rings. The van der Waals surface area contributed by atoms with E-state index in [2.05, 4.69) is 16.0 Å². The summed E-state index contributed by atoms with van der Waals surface area (Å²) in [6.07, 6.45) is -29.9. The molecule has 4 aliphatic rings. The first-order valence-corrected chi connectivity index (χ1v) is 17.1. The highest BCUT2D eigenvalue weighted by Gasteiger charge is 2.57. The van der Waals surface area contributed by atoms with Gasteiger partial charge in [0, 0.05) is 20.8 Å². The summed E-state index contributed by atoms with van der Waals surface area (Å²) >= 11 is 0. The molecular formula is C30H51N3O21. The molecule has 0 unspecified atom stereocenters. The maximum Gasteiger partial charge on any atom is 0.217 e. The van der Waals surface area contributed by atoms with E-state index in [9.17, 15) is 70.6 Å². The molecular weight excluding hydrogens is 738 g/mol. The van der Waals surface area contributed by atoms with Crippen molar-refractivity contribution in [1.29, 1.82) is 0 Å². The number of rotatable bonds is 13. The van der Waals surface area contributed by atoms with Crippen molar-refractivity contribution in [3.05, 3.63) is 0 Å². The molecule has 24 nitrogen and oxygen atoms in total. The van der Waals surface area contributed by atoms with Crippen molar-refractivity contribution in [2.75, 3.05) is 26.4 Å². The van der Waals surface area contributed by atoms with Gasteiger partial charge in [0.2, 0.25) is 17.7 Å². The molecule has 312 valence electrons. The summed E-state index contributed by atoms with van der Waals surface area (Å²) in [5.74, 6) is -2.21. The monoisotopic (exact) mass is 789 g/mol. The van der Waals surface area contributed by atoms with Crippen molar-refractivity contribution in [3.63, 3.8) is 0 Å². The Morgan fingerprint density at radius 3 is 1.39 bits per heavy atom. The minimum Gasteiger partial charge on any atom is -0.394 e. The van der Waals surface area contributed by atoms with Crippen molar-refractivity contribution in [2.24, 2.45) is 0 Å². The van der Waals surface area contributed by atoms with Crippen LogP contribution in [0.1, 0.15) is 20.8 Å². The third-order valence-electron chi connectivity index (χ3n) is 9.41. The number of ether oxygens (including phenoxy) is 7. The van der Waals surface area contributed by atoms with Crippen LogP contribution in [0.4, 0.5) is 0 Å². The summed E-state index contributed by atoms with van der Waals surface area (Å²) in [4.78, 5) is 36.7. The molecule has 4 rings (SSSR count). The molecule has 0 aliphatic carbocycles. The van der Waals surface area contributed by atoms with E-state index in [-0.39, 0.29) is 0 Å². The maximum absolute atomic E-state index is 12.7. The molecule has 0 bridgehead atoms. The lowest BCUT2D eigenvalue weighted by Gasteiger charge is -2.52. The number of carbonyl (C=O) groups excluding carboxylic acids is 3. The van der Waals surface area contributed by atoms with Gasteiger partial charge in [-0.05, 0) is 0 Å². The third-order valence-corrected chi connectivity index (χ3v) is 9.41. The predicted molar refractivity (Wildman–Crippen MR) is 169 cm³/mol. The minimum atomic E-state index is -2.04. The quantitative estimate of drug-likeness (QED) is 0.0823. The molecule has 4 saturated heterocycles. The normalized spacial score (nSPS) is 45.7. The van der Waals surface area contributed by atoms with Gasteiger partial charge in [-0.25, -0.2) is 0 Å². The Labute approximate surface area is 307 Å². The van der Waals surface area contributed by atoms with Crippen molar-refractivity contribution in [2.45, 2.75) is 143 Å². The lowest BCUT2D eigenvalue weighted by molar-refractivity contribution is -0.377. The summed E-state index contributed by atoms with van der Waals surface area (Å²) in [6, 6.07) is -4.75. The molecule has 0 aromatic heterocycles. The molecule has 14 N–H and O–H groups in total. The molecule has 0 radical (unpaired) electrons. The van der Waals surface area contributed by atoms with Gasteiger partial charge in [0.05, 0.1) is 26.4 Å². The Balaban J connectivity index is 1.79. The van der Waals surface area contributed by atoms with Gasteiger partial charge in [-0.3, -0.25) is 14.4 Å². The number of aliphatic hydroxyl groups is 11. The molecule has 0 spiro atoms. The molecule has 54 heavy (non-hydrogen) atoms. The fourth-order valence-electron chi connectivity index (χ4n) is 6.75. The second kappa shape index (κ2) is 19.2. The summed E-state index contributed by atoms with van der Waals surface area (Å²) in [7, 11) is 0. The van der Waals surface area contributed by atoms with Crippen molar-refractivity contribution in [1.82, 2.24) is 16.0 Å². The summed E-state index contributed by atoms with van der Waals surface area (Å²) in [5, 5.41) is 122. The van der Waals surface area contributed by atoms with Crippen LogP contribution in [0.25, 0.3) is 0 Å². The van der Waals surface area contributed by atoms with Crippen LogP contribution in [-0.2, 0) is 47.5 Å². The first kappa shape index (κ1) is 44.4. The Bertz CT molecular complexity index is 1250. The van der Waals surface area contributed by atoms with Crippen LogP contribution in [0.2, 0.25) is 0 Å². The summed E-state index contributed by atoms with van der Waals surface area (Å²) < 4.78 is 40.9. The van der Waals surface area contributed by atoms with E-state index in [1.54, 1.807) is 0 Å². The molecule has 24 heteroatoms. The smallest absolute Gasteiger partial charge is 0.217 e. The van der Waals surface area contributed by atoms with Gasteiger partial charge in [0.25, 0.3) is 0 Å². The predicted octanol–water partition coefficient (Wildman–Crippen LogP) is -9.32. The van der Waals surface area contributed by atoms with Gasteiger partial charge in [-0.1, -0.05) is 0 Å². The lowest BCUT2D eigenvalue weighted by Crippen LogP contribution is -2.72. The van der Waals surface area contributed by atoms with Gasteiger partial charge in [-0.15, -0.1) is 0 Å². The van der Waals surface area contributed by atoms with Crippen LogP contribution in [0.5, 0.6) is 0 Å². The molecule has 20 atom stereocenters. The van der Waals surface area contributed by atoms with Crippen LogP contribution in [-0.4, -0.2) is 223 Å². The fraction of sp³-hybridized carbons (Fsp3) is 0.900. The molecule has 3 amide bonds. The van der Waals surface area contributed by atoms with Crippen LogP contribution in [0.15, 0.2) is 0 Å². The van der Waals surface area contributed by atoms with E-state index in [1.165, 1.54) is 0 Å².